The second-order valence-corrected chi connectivity index (χ2v) is 4.86. The molecule has 0 unspecified atom stereocenters. The largest absolute Gasteiger partial charge is 0.486 e. The number of hydrogen-bond acceptors (Lipinski definition) is 3. The lowest BCUT2D eigenvalue weighted by Crippen LogP contribution is -2.22. The summed E-state index contributed by atoms with van der Waals surface area (Å²) < 4.78 is 7.31. The van der Waals surface area contributed by atoms with Crippen LogP contribution in [0.5, 0.6) is 5.75 Å². The molecule has 0 aliphatic rings. The Labute approximate surface area is 125 Å². The topological polar surface area (TPSA) is 44.1 Å². The summed E-state index contributed by atoms with van der Waals surface area (Å²) in [4.78, 5) is 11.8. The second-order valence-electron chi connectivity index (χ2n) is 4.07. The van der Waals surface area contributed by atoms with Crippen molar-refractivity contribution in [2.45, 2.75) is 13.5 Å². The first-order chi connectivity index (χ1) is 9.72. The highest BCUT2D eigenvalue weighted by atomic mass is 79.9. The van der Waals surface area contributed by atoms with E-state index >= 15 is 0 Å². The van der Waals surface area contributed by atoms with Gasteiger partial charge in [0.1, 0.15) is 11.1 Å². The highest BCUT2D eigenvalue weighted by molar-refractivity contribution is 9.10. The number of nitrogens with zero attached hydrogens (tertiary/aromatic N) is 2. The molecule has 0 amide bonds. The maximum atomic E-state index is 11.8. The Bertz CT molecular complexity index is 651. The summed E-state index contributed by atoms with van der Waals surface area (Å²) in [5, 5.41) is 4.02. The van der Waals surface area contributed by atoms with Crippen molar-refractivity contribution < 1.29 is 4.74 Å². The van der Waals surface area contributed by atoms with E-state index in [9.17, 15) is 4.79 Å². The minimum atomic E-state index is -0.183. The molecule has 104 valence electrons. The van der Waals surface area contributed by atoms with Crippen LogP contribution < -0.4 is 10.3 Å². The van der Waals surface area contributed by atoms with E-state index in [1.165, 1.54) is 4.68 Å². The smallest absolute Gasteiger partial charge is 0.284 e. The lowest BCUT2D eigenvalue weighted by Gasteiger charge is -2.07. The van der Waals surface area contributed by atoms with Gasteiger partial charge in [0.2, 0.25) is 0 Å². The van der Waals surface area contributed by atoms with Crippen LogP contribution in [0, 0.1) is 0 Å². The van der Waals surface area contributed by atoms with Gasteiger partial charge >= 0.3 is 0 Å². The third-order valence-electron chi connectivity index (χ3n) is 2.70. The van der Waals surface area contributed by atoms with Crippen LogP contribution >= 0.6 is 15.9 Å². The molecule has 2 rings (SSSR count). The molecule has 1 aromatic heterocycles. The maximum absolute atomic E-state index is 11.8. The predicted octanol–water partition coefficient (Wildman–Crippen LogP) is 3.12. The zero-order chi connectivity index (χ0) is 14.4. The average molecular weight is 335 g/mol. The predicted molar refractivity (Wildman–Crippen MR) is 82.8 cm³/mol. The number of rotatable bonds is 5. The number of hydrogen-bond donors (Lipinski definition) is 0. The van der Waals surface area contributed by atoms with Gasteiger partial charge in [-0.2, -0.15) is 5.10 Å². The Kier molecular flexibility index (Phi) is 5.12. The third-order valence-corrected chi connectivity index (χ3v) is 3.43. The van der Waals surface area contributed by atoms with Gasteiger partial charge in [0, 0.05) is 6.54 Å². The number of aryl methyl sites for hydroxylation is 1. The molecule has 0 radical (unpaired) electrons. The van der Waals surface area contributed by atoms with Gasteiger partial charge in [0.25, 0.3) is 5.56 Å². The number of benzene rings is 1. The lowest BCUT2D eigenvalue weighted by atomic mass is 10.2. The van der Waals surface area contributed by atoms with Gasteiger partial charge in [-0.1, -0.05) is 36.4 Å². The van der Waals surface area contributed by atoms with E-state index < -0.39 is 0 Å². The lowest BCUT2D eigenvalue weighted by molar-refractivity contribution is 0.355. The fourth-order valence-corrected chi connectivity index (χ4v) is 2.08. The standard InChI is InChI=1S/C15H15BrN2O2/c1-2-18-15(19)14(16)13(11-17-18)20-10-6-9-12-7-4-3-5-8-12/h3-9,11H,2,10H2,1H3. The number of aromatic nitrogens is 2. The molecule has 0 aliphatic heterocycles. The first-order valence-corrected chi connectivity index (χ1v) is 7.11. The molecule has 1 aromatic carbocycles. The summed E-state index contributed by atoms with van der Waals surface area (Å²) in [5.41, 5.74) is 0.923. The molecule has 0 fully saturated rings. The van der Waals surface area contributed by atoms with E-state index in [2.05, 4.69) is 21.0 Å². The van der Waals surface area contributed by atoms with Gasteiger partial charge in [0.15, 0.2) is 5.75 Å². The summed E-state index contributed by atoms with van der Waals surface area (Å²) in [5.74, 6) is 0.456. The van der Waals surface area contributed by atoms with Crippen molar-refractivity contribution in [1.29, 1.82) is 0 Å². The van der Waals surface area contributed by atoms with Crippen molar-refractivity contribution in [1.82, 2.24) is 9.78 Å². The Morgan fingerprint density at radius 1 is 1.35 bits per heavy atom. The van der Waals surface area contributed by atoms with Crippen LogP contribution in [-0.2, 0) is 6.54 Å². The summed E-state index contributed by atoms with van der Waals surface area (Å²) in [6.07, 6.45) is 5.41. The van der Waals surface area contributed by atoms with Crippen LogP contribution in [0.25, 0.3) is 6.08 Å². The summed E-state index contributed by atoms with van der Waals surface area (Å²) in [7, 11) is 0. The van der Waals surface area contributed by atoms with Gasteiger partial charge in [-0.05, 0) is 34.5 Å². The van der Waals surface area contributed by atoms with Crippen molar-refractivity contribution in [2.24, 2.45) is 0 Å². The van der Waals surface area contributed by atoms with E-state index in [0.29, 0.717) is 23.4 Å². The molecule has 1 heterocycles. The highest BCUT2D eigenvalue weighted by Gasteiger charge is 2.08. The van der Waals surface area contributed by atoms with E-state index in [1.807, 2.05) is 49.4 Å². The van der Waals surface area contributed by atoms with Crippen molar-refractivity contribution in [2.75, 3.05) is 6.61 Å². The molecule has 0 bridgehead atoms. The fraction of sp³-hybridized carbons (Fsp3) is 0.200. The molecule has 0 saturated carbocycles. The average Bonchev–Trinajstić information content (AvgIpc) is 2.49. The molecule has 0 atom stereocenters. The van der Waals surface area contributed by atoms with E-state index in [0.717, 1.165) is 5.56 Å². The monoisotopic (exact) mass is 334 g/mol. The Hall–Kier alpha value is -1.88. The van der Waals surface area contributed by atoms with E-state index in [1.54, 1.807) is 6.20 Å². The van der Waals surface area contributed by atoms with Crippen molar-refractivity contribution in [3.05, 3.63) is 63.0 Å². The molecule has 0 saturated heterocycles. The van der Waals surface area contributed by atoms with Crippen molar-refractivity contribution >= 4 is 22.0 Å². The van der Waals surface area contributed by atoms with Crippen LogP contribution in [-0.4, -0.2) is 16.4 Å². The van der Waals surface area contributed by atoms with Gasteiger partial charge in [-0.15, -0.1) is 0 Å². The molecule has 0 N–H and O–H groups in total. The van der Waals surface area contributed by atoms with Crippen molar-refractivity contribution in [3.63, 3.8) is 0 Å². The van der Waals surface area contributed by atoms with Crippen LogP contribution in [0.15, 0.2) is 51.9 Å². The quantitative estimate of drug-likeness (QED) is 0.843. The Morgan fingerprint density at radius 3 is 2.80 bits per heavy atom. The van der Waals surface area contributed by atoms with Crippen LogP contribution in [0.4, 0.5) is 0 Å². The van der Waals surface area contributed by atoms with Gasteiger partial charge < -0.3 is 4.74 Å². The Morgan fingerprint density at radius 2 is 2.10 bits per heavy atom. The molecule has 2 aromatic rings. The van der Waals surface area contributed by atoms with Gasteiger partial charge in [-0.3, -0.25) is 4.79 Å². The van der Waals surface area contributed by atoms with Crippen LogP contribution in [0.3, 0.4) is 0 Å². The van der Waals surface area contributed by atoms with Crippen LogP contribution in [0.2, 0.25) is 0 Å². The number of halogens is 1. The molecular weight excluding hydrogens is 320 g/mol. The molecule has 0 spiro atoms. The first kappa shape index (κ1) is 14.5. The molecule has 0 aliphatic carbocycles. The normalized spacial score (nSPS) is 10.9. The number of ether oxygens (including phenoxy) is 1. The van der Waals surface area contributed by atoms with E-state index in [4.69, 9.17) is 4.74 Å². The minimum absolute atomic E-state index is 0.183. The fourth-order valence-electron chi connectivity index (χ4n) is 1.66. The summed E-state index contributed by atoms with van der Waals surface area (Å²) >= 11 is 3.25. The summed E-state index contributed by atoms with van der Waals surface area (Å²) in [6.45, 7) is 2.78. The van der Waals surface area contributed by atoms with Crippen molar-refractivity contribution in [3.8, 4) is 5.75 Å². The van der Waals surface area contributed by atoms with Gasteiger partial charge in [0.05, 0.1) is 6.20 Å². The first-order valence-electron chi connectivity index (χ1n) is 6.32. The maximum Gasteiger partial charge on any atom is 0.284 e. The Balaban J connectivity index is 2.00. The zero-order valence-electron chi connectivity index (χ0n) is 11.1. The SMILES string of the molecule is CCn1ncc(OCC=Cc2ccccc2)c(Br)c1=O. The molecular formula is C15H15BrN2O2. The zero-order valence-corrected chi connectivity index (χ0v) is 12.7. The molecule has 20 heavy (non-hydrogen) atoms. The molecule has 5 heteroatoms. The van der Waals surface area contributed by atoms with Gasteiger partial charge in [-0.25, -0.2) is 4.68 Å². The van der Waals surface area contributed by atoms with E-state index in [-0.39, 0.29) is 5.56 Å². The minimum Gasteiger partial charge on any atom is -0.486 e. The summed E-state index contributed by atoms with van der Waals surface area (Å²) in [6, 6.07) is 9.95. The molecule has 4 nitrogen and oxygen atoms in total. The third kappa shape index (κ3) is 3.57. The highest BCUT2D eigenvalue weighted by Crippen LogP contribution is 2.18. The second kappa shape index (κ2) is 7.05. The van der Waals surface area contributed by atoms with Crippen LogP contribution in [0.1, 0.15) is 12.5 Å².